The number of hydrogen-bond donors (Lipinski definition) is 0. The summed E-state index contributed by atoms with van der Waals surface area (Å²) in [5.74, 6) is -2.07. The van der Waals surface area contributed by atoms with Crippen molar-refractivity contribution in [1.82, 2.24) is 9.80 Å². The van der Waals surface area contributed by atoms with Gasteiger partial charge in [0.2, 0.25) is 11.8 Å². The molecule has 0 spiro atoms. The van der Waals surface area contributed by atoms with Crippen molar-refractivity contribution in [3.05, 3.63) is 41.5 Å². The molecule has 0 aliphatic carbocycles. The van der Waals surface area contributed by atoms with Crippen molar-refractivity contribution in [2.45, 2.75) is 13.3 Å². The van der Waals surface area contributed by atoms with E-state index in [0.29, 0.717) is 38.2 Å². The molecule has 0 aromatic heterocycles. The van der Waals surface area contributed by atoms with Gasteiger partial charge in [-0.1, -0.05) is 6.07 Å². The molecule has 118 valence electrons. The maximum atomic E-state index is 13.1. The summed E-state index contributed by atoms with van der Waals surface area (Å²) in [6.07, 6.45) is 3.06. The third kappa shape index (κ3) is 3.90. The summed E-state index contributed by atoms with van der Waals surface area (Å²) >= 11 is 0. The van der Waals surface area contributed by atoms with Crippen LogP contribution < -0.4 is 0 Å². The molecule has 4 nitrogen and oxygen atoms in total. The van der Waals surface area contributed by atoms with Crippen LogP contribution in [0.5, 0.6) is 0 Å². The Labute approximate surface area is 128 Å². The lowest BCUT2D eigenvalue weighted by Crippen LogP contribution is -2.35. The Kier molecular flexibility index (Phi) is 5.25. The molecule has 6 heteroatoms. The SMILES string of the molecule is CCN1CCN(C(=O)/C=C/c2ccc(F)c(F)c2)CCC1=O. The highest BCUT2D eigenvalue weighted by molar-refractivity contribution is 5.92. The Bertz CT molecular complexity index is 602. The number of carbonyl (C=O) groups excluding carboxylic acids is 2. The first-order valence-corrected chi connectivity index (χ1v) is 7.21. The number of halogens is 2. The summed E-state index contributed by atoms with van der Waals surface area (Å²) in [5, 5.41) is 0. The van der Waals surface area contributed by atoms with Crippen molar-refractivity contribution >= 4 is 17.9 Å². The highest BCUT2D eigenvalue weighted by Gasteiger charge is 2.21. The maximum absolute atomic E-state index is 13.1. The van der Waals surface area contributed by atoms with Gasteiger partial charge in [0, 0.05) is 38.7 Å². The summed E-state index contributed by atoms with van der Waals surface area (Å²) in [6, 6.07) is 3.44. The molecule has 1 saturated heterocycles. The third-order valence-electron chi connectivity index (χ3n) is 3.64. The van der Waals surface area contributed by atoms with E-state index in [0.717, 1.165) is 12.1 Å². The Hall–Kier alpha value is -2.24. The first-order chi connectivity index (χ1) is 10.5. The number of carbonyl (C=O) groups is 2. The van der Waals surface area contributed by atoms with Crippen molar-refractivity contribution in [3.8, 4) is 0 Å². The van der Waals surface area contributed by atoms with Gasteiger partial charge in [-0.2, -0.15) is 0 Å². The summed E-state index contributed by atoms with van der Waals surface area (Å²) in [6.45, 7) is 3.89. The average molecular weight is 308 g/mol. The van der Waals surface area contributed by atoms with Crippen molar-refractivity contribution in [2.75, 3.05) is 26.2 Å². The zero-order chi connectivity index (χ0) is 16.1. The van der Waals surface area contributed by atoms with E-state index in [-0.39, 0.29) is 11.8 Å². The van der Waals surface area contributed by atoms with E-state index in [1.807, 2.05) is 6.92 Å². The second-order valence-electron chi connectivity index (χ2n) is 5.06. The van der Waals surface area contributed by atoms with Crippen LogP contribution in [0.3, 0.4) is 0 Å². The molecule has 0 unspecified atom stereocenters. The maximum Gasteiger partial charge on any atom is 0.246 e. The van der Waals surface area contributed by atoms with Gasteiger partial charge in [-0.15, -0.1) is 0 Å². The first-order valence-electron chi connectivity index (χ1n) is 7.21. The van der Waals surface area contributed by atoms with Crippen molar-refractivity contribution in [3.63, 3.8) is 0 Å². The molecule has 0 N–H and O–H groups in total. The first kappa shape index (κ1) is 16.1. The smallest absolute Gasteiger partial charge is 0.246 e. The Morgan fingerprint density at radius 3 is 2.68 bits per heavy atom. The van der Waals surface area contributed by atoms with Gasteiger partial charge in [-0.05, 0) is 30.7 Å². The minimum absolute atomic E-state index is 0.0439. The van der Waals surface area contributed by atoms with Crippen LogP contribution in [-0.2, 0) is 9.59 Å². The fraction of sp³-hybridized carbons (Fsp3) is 0.375. The minimum Gasteiger partial charge on any atom is -0.341 e. The second-order valence-corrected chi connectivity index (χ2v) is 5.06. The van der Waals surface area contributed by atoms with E-state index in [2.05, 4.69) is 0 Å². The summed E-state index contributed by atoms with van der Waals surface area (Å²) in [4.78, 5) is 27.2. The molecule has 1 fully saturated rings. The molecule has 0 bridgehead atoms. The van der Waals surface area contributed by atoms with E-state index in [1.54, 1.807) is 9.80 Å². The number of benzene rings is 1. The second kappa shape index (κ2) is 7.15. The van der Waals surface area contributed by atoms with E-state index in [4.69, 9.17) is 0 Å². The molecule has 1 aliphatic rings. The molecule has 1 aliphatic heterocycles. The van der Waals surface area contributed by atoms with Gasteiger partial charge in [-0.3, -0.25) is 9.59 Å². The monoisotopic (exact) mass is 308 g/mol. The zero-order valence-electron chi connectivity index (χ0n) is 12.4. The lowest BCUT2D eigenvalue weighted by atomic mass is 10.2. The average Bonchev–Trinajstić information content (AvgIpc) is 2.69. The van der Waals surface area contributed by atoms with Crippen molar-refractivity contribution < 1.29 is 18.4 Å². The van der Waals surface area contributed by atoms with Crippen LogP contribution >= 0.6 is 0 Å². The number of likely N-dealkylation sites (N-methyl/N-ethyl adjacent to an activating group) is 1. The molecule has 0 atom stereocenters. The van der Waals surface area contributed by atoms with Gasteiger partial charge < -0.3 is 9.80 Å². The van der Waals surface area contributed by atoms with Gasteiger partial charge in [0.25, 0.3) is 0 Å². The molecule has 1 aromatic rings. The normalized spacial score (nSPS) is 16.2. The lowest BCUT2D eigenvalue weighted by Gasteiger charge is -2.19. The molecule has 22 heavy (non-hydrogen) atoms. The number of nitrogens with zero attached hydrogens (tertiary/aromatic N) is 2. The third-order valence-corrected chi connectivity index (χ3v) is 3.64. The van der Waals surface area contributed by atoms with Gasteiger partial charge in [0.15, 0.2) is 11.6 Å². The predicted molar refractivity (Wildman–Crippen MR) is 78.8 cm³/mol. The molecule has 2 amide bonds. The molecular formula is C16H18F2N2O2. The molecule has 1 aromatic carbocycles. The standard InChI is InChI=1S/C16H18F2N2O2/c1-2-19-9-10-20(8-7-16(19)22)15(21)6-4-12-3-5-13(17)14(18)11-12/h3-6,11H,2,7-10H2,1H3/b6-4+. The quantitative estimate of drug-likeness (QED) is 0.802. The zero-order valence-corrected chi connectivity index (χ0v) is 12.4. The van der Waals surface area contributed by atoms with Crippen LogP contribution in [0.1, 0.15) is 18.9 Å². The van der Waals surface area contributed by atoms with E-state index >= 15 is 0 Å². The van der Waals surface area contributed by atoms with Crippen LogP contribution in [0.25, 0.3) is 6.08 Å². The Morgan fingerprint density at radius 2 is 2.00 bits per heavy atom. The predicted octanol–water partition coefficient (Wildman–Crippen LogP) is 2.06. The molecule has 1 heterocycles. The molecule has 0 radical (unpaired) electrons. The Balaban J connectivity index is 2.00. The number of amides is 2. The van der Waals surface area contributed by atoms with Crippen molar-refractivity contribution in [2.24, 2.45) is 0 Å². The van der Waals surface area contributed by atoms with Gasteiger partial charge in [0.05, 0.1) is 0 Å². The summed E-state index contributed by atoms with van der Waals surface area (Å²) in [5.41, 5.74) is 0.410. The van der Waals surface area contributed by atoms with Gasteiger partial charge in [0.1, 0.15) is 0 Å². The Morgan fingerprint density at radius 1 is 1.23 bits per heavy atom. The van der Waals surface area contributed by atoms with E-state index < -0.39 is 11.6 Å². The highest BCUT2D eigenvalue weighted by atomic mass is 19.2. The van der Waals surface area contributed by atoms with Crippen LogP contribution in [-0.4, -0.2) is 47.8 Å². The van der Waals surface area contributed by atoms with Crippen LogP contribution in [0.15, 0.2) is 24.3 Å². The van der Waals surface area contributed by atoms with E-state index in [9.17, 15) is 18.4 Å². The van der Waals surface area contributed by atoms with Crippen LogP contribution in [0, 0.1) is 11.6 Å². The molecular weight excluding hydrogens is 290 g/mol. The summed E-state index contributed by atoms with van der Waals surface area (Å²) in [7, 11) is 0. The summed E-state index contributed by atoms with van der Waals surface area (Å²) < 4.78 is 25.9. The number of rotatable bonds is 3. The van der Waals surface area contributed by atoms with Crippen LogP contribution in [0.4, 0.5) is 8.78 Å². The largest absolute Gasteiger partial charge is 0.341 e. The lowest BCUT2D eigenvalue weighted by molar-refractivity contribution is -0.130. The minimum atomic E-state index is -0.950. The van der Waals surface area contributed by atoms with Crippen LogP contribution in [0.2, 0.25) is 0 Å². The number of hydrogen-bond acceptors (Lipinski definition) is 2. The topological polar surface area (TPSA) is 40.6 Å². The van der Waals surface area contributed by atoms with Gasteiger partial charge >= 0.3 is 0 Å². The molecule has 0 saturated carbocycles. The fourth-order valence-electron chi connectivity index (χ4n) is 2.31. The van der Waals surface area contributed by atoms with Gasteiger partial charge in [-0.25, -0.2) is 8.78 Å². The molecule has 2 rings (SSSR count). The van der Waals surface area contributed by atoms with Crippen molar-refractivity contribution in [1.29, 1.82) is 0 Å². The van der Waals surface area contributed by atoms with E-state index in [1.165, 1.54) is 18.2 Å². The fourth-order valence-corrected chi connectivity index (χ4v) is 2.31. The highest BCUT2D eigenvalue weighted by Crippen LogP contribution is 2.11.